The zero-order valence-corrected chi connectivity index (χ0v) is 14.5. The van der Waals surface area contributed by atoms with Crippen molar-refractivity contribution in [1.29, 1.82) is 0 Å². The van der Waals surface area contributed by atoms with Crippen LogP contribution in [0.3, 0.4) is 0 Å². The van der Waals surface area contributed by atoms with E-state index in [1.54, 1.807) is 0 Å². The summed E-state index contributed by atoms with van der Waals surface area (Å²) in [5, 5.41) is 3.72. The van der Waals surface area contributed by atoms with Gasteiger partial charge in [0.25, 0.3) is 0 Å². The second-order valence-corrected chi connectivity index (χ2v) is 7.39. The Morgan fingerprint density at radius 1 is 1.30 bits per heavy atom. The second-order valence-electron chi connectivity index (χ2n) is 6.47. The monoisotopic (exact) mass is 338 g/mol. The van der Waals surface area contributed by atoms with Crippen LogP contribution >= 0.6 is 15.9 Å². The molecule has 0 aromatic heterocycles. The summed E-state index contributed by atoms with van der Waals surface area (Å²) < 4.78 is 1.16. The van der Waals surface area contributed by atoms with Gasteiger partial charge in [0.05, 0.1) is 0 Å². The molecule has 2 nitrogen and oxygen atoms in total. The number of halogens is 1. The lowest BCUT2D eigenvalue weighted by atomic mass is 10.0. The molecule has 2 atom stereocenters. The van der Waals surface area contributed by atoms with Gasteiger partial charge in [-0.15, -0.1) is 0 Å². The highest BCUT2D eigenvalue weighted by Gasteiger charge is 2.23. The minimum Gasteiger partial charge on any atom is -0.313 e. The highest BCUT2D eigenvalue weighted by molar-refractivity contribution is 9.10. The van der Waals surface area contributed by atoms with Crippen molar-refractivity contribution >= 4 is 15.9 Å². The number of hydrogen-bond donors (Lipinski definition) is 1. The van der Waals surface area contributed by atoms with Crippen LogP contribution in [0.25, 0.3) is 0 Å². The molecular formula is C17H27BrN2. The quantitative estimate of drug-likeness (QED) is 0.890. The highest BCUT2D eigenvalue weighted by atomic mass is 79.9. The number of hydrogen-bond acceptors (Lipinski definition) is 2. The van der Waals surface area contributed by atoms with Crippen LogP contribution in [0.15, 0.2) is 28.7 Å². The SMILES string of the molecule is CC(C)CC1CN(Cc2ccc(Br)cc2)C(C)CCN1. The van der Waals surface area contributed by atoms with E-state index in [-0.39, 0.29) is 0 Å². The van der Waals surface area contributed by atoms with Crippen LogP contribution in [0, 0.1) is 5.92 Å². The van der Waals surface area contributed by atoms with Crippen molar-refractivity contribution in [2.24, 2.45) is 5.92 Å². The van der Waals surface area contributed by atoms with E-state index in [0.29, 0.717) is 12.1 Å². The summed E-state index contributed by atoms with van der Waals surface area (Å²) in [5.74, 6) is 0.760. The maximum absolute atomic E-state index is 3.72. The van der Waals surface area contributed by atoms with Gasteiger partial charge < -0.3 is 5.32 Å². The van der Waals surface area contributed by atoms with Crippen molar-refractivity contribution in [2.45, 2.75) is 52.2 Å². The summed E-state index contributed by atoms with van der Waals surface area (Å²) in [6.45, 7) is 10.4. The summed E-state index contributed by atoms with van der Waals surface area (Å²) in [6, 6.07) is 10.0. The lowest BCUT2D eigenvalue weighted by Gasteiger charge is -2.29. The van der Waals surface area contributed by atoms with E-state index in [1.165, 1.54) is 18.4 Å². The summed E-state index contributed by atoms with van der Waals surface area (Å²) in [4.78, 5) is 2.64. The topological polar surface area (TPSA) is 15.3 Å². The van der Waals surface area contributed by atoms with Crippen LogP contribution < -0.4 is 5.32 Å². The molecule has 112 valence electrons. The summed E-state index contributed by atoms with van der Waals surface area (Å²) >= 11 is 3.51. The first-order valence-electron chi connectivity index (χ1n) is 7.76. The molecule has 2 unspecified atom stereocenters. The van der Waals surface area contributed by atoms with Crippen molar-refractivity contribution in [3.05, 3.63) is 34.3 Å². The third-order valence-corrected chi connectivity index (χ3v) is 4.66. The predicted octanol–water partition coefficient (Wildman–Crippen LogP) is 4.05. The van der Waals surface area contributed by atoms with Crippen molar-refractivity contribution in [3.63, 3.8) is 0 Å². The molecule has 0 saturated carbocycles. The first-order chi connectivity index (χ1) is 9.54. The fourth-order valence-electron chi connectivity index (χ4n) is 2.98. The summed E-state index contributed by atoms with van der Waals surface area (Å²) in [5.41, 5.74) is 1.41. The largest absolute Gasteiger partial charge is 0.313 e. The first-order valence-corrected chi connectivity index (χ1v) is 8.55. The molecule has 0 bridgehead atoms. The van der Waals surface area contributed by atoms with Gasteiger partial charge in [-0.05, 0) is 49.9 Å². The maximum atomic E-state index is 3.72. The second kappa shape index (κ2) is 7.58. The van der Waals surface area contributed by atoms with Gasteiger partial charge in [0.1, 0.15) is 0 Å². The molecule has 0 spiro atoms. The van der Waals surface area contributed by atoms with E-state index in [2.05, 4.69) is 71.2 Å². The molecule has 1 aliphatic heterocycles. The van der Waals surface area contributed by atoms with Crippen molar-refractivity contribution in [1.82, 2.24) is 10.2 Å². The molecule has 1 N–H and O–H groups in total. The molecule has 3 heteroatoms. The predicted molar refractivity (Wildman–Crippen MR) is 89.9 cm³/mol. The normalized spacial score (nSPS) is 24.9. The highest BCUT2D eigenvalue weighted by Crippen LogP contribution is 2.18. The van der Waals surface area contributed by atoms with E-state index in [9.17, 15) is 0 Å². The van der Waals surface area contributed by atoms with Gasteiger partial charge in [0.15, 0.2) is 0 Å². The maximum Gasteiger partial charge on any atom is 0.0237 e. The molecule has 0 aliphatic carbocycles. The van der Waals surface area contributed by atoms with E-state index in [4.69, 9.17) is 0 Å². The van der Waals surface area contributed by atoms with Gasteiger partial charge in [-0.2, -0.15) is 0 Å². The van der Waals surface area contributed by atoms with Gasteiger partial charge in [-0.1, -0.05) is 41.9 Å². The molecule has 1 saturated heterocycles. The molecule has 0 radical (unpaired) electrons. The minimum atomic E-state index is 0.635. The zero-order valence-electron chi connectivity index (χ0n) is 12.9. The number of benzene rings is 1. The van der Waals surface area contributed by atoms with Crippen LogP contribution in [0.2, 0.25) is 0 Å². The Labute approximate surface area is 132 Å². The Bertz CT molecular complexity index is 402. The molecule has 0 amide bonds. The van der Waals surface area contributed by atoms with Crippen molar-refractivity contribution in [2.75, 3.05) is 13.1 Å². The van der Waals surface area contributed by atoms with Gasteiger partial charge in [0, 0.05) is 29.6 Å². The average molecular weight is 339 g/mol. The molecule has 1 aromatic carbocycles. The summed E-state index contributed by atoms with van der Waals surface area (Å²) in [7, 11) is 0. The van der Waals surface area contributed by atoms with Gasteiger partial charge >= 0.3 is 0 Å². The molecule has 1 aromatic rings. The Morgan fingerprint density at radius 2 is 2.00 bits per heavy atom. The molecule has 2 rings (SSSR count). The Balaban J connectivity index is 2.00. The Kier molecular flexibility index (Phi) is 6.06. The van der Waals surface area contributed by atoms with E-state index in [1.807, 2.05) is 0 Å². The Hall–Kier alpha value is -0.380. The molecule has 1 aliphatic rings. The fraction of sp³-hybridized carbons (Fsp3) is 0.647. The van der Waals surface area contributed by atoms with E-state index in [0.717, 1.165) is 30.0 Å². The molecule has 1 fully saturated rings. The van der Waals surface area contributed by atoms with Crippen molar-refractivity contribution < 1.29 is 0 Å². The third kappa shape index (κ3) is 4.87. The lowest BCUT2D eigenvalue weighted by Crippen LogP contribution is -2.40. The number of nitrogens with one attached hydrogen (secondary N) is 1. The van der Waals surface area contributed by atoms with Crippen molar-refractivity contribution in [3.8, 4) is 0 Å². The smallest absolute Gasteiger partial charge is 0.0237 e. The minimum absolute atomic E-state index is 0.635. The van der Waals surface area contributed by atoms with E-state index >= 15 is 0 Å². The molecule has 1 heterocycles. The van der Waals surface area contributed by atoms with Crippen LogP contribution in [0.4, 0.5) is 0 Å². The van der Waals surface area contributed by atoms with Crippen LogP contribution in [-0.2, 0) is 6.54 Å². The Morgan fingerprint density at radius 3 is 2.65 bits per heavy atom. The van der Waals surface area contributed by atoms with E-state index < -0.39 is 0 Å². The lowest BCUT2D eigenvalue weighted by molar-refractivity contribution is 0.189. The average Bonchev–Trinajstić information content (AvgIpc) is 2.54. The number of rotatable bonds is 4. The van der Waals surface area contributed by atoms with Crippen LogP contribution in [0.1, 0.15) is 39.2 Å². The molecular weight excluding hydrogens is 312 g/mol. The number of nitrogens with zero attached hydrogens (tertiary/aromatic N) is 1. The first kappa shape index (κ1) is 16.0. The van der Waals surface area contributed by atoms with Gasteiger partial charge in [-0.25, -0.2) is 0 Å². The molecule has 20 heavy (non-hydrogen) atoms. The third-order valence-electron chi connectivity index (χ3n) is 4.13. The van der Waals surface area contributed by atoms with Gasteiger partial charge in [-0.3, -0.25) is 4.90 Å². The standard InChI is InChI=1S/C17H27BrN2/c1-13(2)10-17-12-20(14(3)8-9-19-17)11-15-4-6-16(18)7-5-15/h4-7,13-14,17,19H,8-12H2,1-3H3. The van der Waals surface area contributed by atoms with Gasteiger partial charge in [0.2, 0.25) is 0 Å². The van der Waals surface area contributed by atoms with Crippen LogP contribution in [-0.4, -0.2) is 30.1 Å². The fourth-order valence-corrected chi connectivity index (χ4v) is 3.24. The summed E-state index contributed by atoms with van der Waals surface area (Å²) in [6.07, 6.45) is 2.51. The zero-order chi connectivity index (χ0) is 14.5. The van der Waals surface area contributed by atoms with Crippen LogP contribution in [0.5, 0.6) is 0 Å².